The molecule has 0 nitrogen and oxygen atoms in total. The van der Waals surface area contributed by atoms with Gasteiger partial charge in [0.05, 0.1) is 0 Å². The molecule has 0 heterocycles. The third kappa shape index (κ3) is 4.61. The van der Waals surface area contributed by atoms with Crippen molar-refractivity contribution in [1.29, 1.82) is 0 Å². The van der Waals surface area contributed by atoms with Crippen molar-refractivity contribution in [2.75, 3.05) is 0 Å². The zero-order valence-corrected chi connectivity index (χ0v) is 16.2. The van der Waals surface area contributed by atoms with Crippen molar-refractivity contribution in [3.63, 3.8) is 0 Å². The molecule has 0 aliphatic carbocycles. The van der Waals surface area contributed by atoms with Gasteiger partial charge in [-0.15, -0.1) is 0 Å². The number of rotatable bonds is 5. The molecule has 0 N–H and O–H groups in total. The molecule has 0 saturated carbocycles. The zero-order valence-electron chi connectivity index (χ0n) is 12.1. The molecule has 0 bridgehead atoms. The monoisotopic (exact) mass is 304 g/mol. The van der Waals surface area contributed by atoms with Crippen LogP contribution < -0.4 is 0 Å². The Morgan fingerprint density at radius 2 is 1.33 bits per heavy atom. The van der Waals surface area contributed by atoms with Crippen LogP contribution in [0.5, 0.6) is 0 Å². The molecule has 0 aliphatic heterocycles. The molecule has 3 heteroatoms. The normalized spacial score (nSPS) is 14.5. The van der Waals surface area contributed by atoms with Gasteiger partial charge in [0, 0.05) is 0 Å². The van der Waals surface area contributed by atoms with Crippen molar-refractivity contribution in [3.8, 4) is 0 Å². The Kier molecular flexibility index (Phi) is 5.16. The molecule has 0 unspecified atom stereocenters. The van der Waals surface area contributed by atoms with Gasteiger partial charge >= 0.3 is 102 Å². The molecule has 0 aromatic rings. The van der Waals surface area contributed by atoms with Gasteiger partial charge in [0.15, 0.2) is 0 Å². The number of hydrogen-bond donors (Lipinski definition) is 0. The Labute approximate surface area is 102 Å². The predicted octanol–water partition coefficient (Wildman–Crippen LogP) is 5.01. The van der Waals surface area contributed by atoms with Crippen molar-refractivity contribution in [3.05, 3.63) is 12.7 Å². The molecule has 0 saturated heterocycles. The molecule has 0 amide bonds. The molecule has 90 valence electrons. The van der Waals surface area contributed by atoms with E-state index in [1.54, 1.807) is 0 Å². The van der Waals surface area contributed by atoms with Gasteiger partial charge in [0.25, 0.3) is 0 Å². The van der Waals surface area contributed by atoms with Gasteiger partial charge in [-0.05, 0) is 0 Å². The second-order valence-corrected chi connectivity index (χ2v) is 31.7. The summed E-state index contributed by atoms with van der Waals surface area (Å²) in [6.45, 7) is 19.4. The van der Waals surface area contributed by atoms with E-state index in [2.05, 4.69) is 63.4 Å². The van der Waals surface area contributed by atoms with E-state index in [4.69, 9.17) is 0 Å². The second kappa shape index (κ2) is 4.92. The molecule has 0 aromatic heterocycles. The van der Waals surface area contributed by atoms with Crippen LogP contribution in [0.15, 0.2) is 12.7 Å². The quantitative estimate of drug-likeness (QED) is 0.495. The van der Waals surface area contributed by atoms with E-state index in [1.807, 2.05) is 0 Å². The van der Waals surface area contributed by atoms with E-state index in [0.29, 0.717) is 0 Å². The Balaban J connectivity index is 5.21. The van der Waals surface area contributed by atoms with Gasteiger partial charge in [-0.25, -0.2) is 0 Å². The first-order chi connectivity index (χ1) is 6.43. The predicted molar refractivity (Wildman–Crippen MR) is 82.9 cm³/mol. The fourth-order valence-corrected chi connectivity index (χ4v) is 52.0. The standard InChI is InChI=1S/C12H30GeSi2/c1-10-11-13(2,3)12(14(4,5)6)15(7,8)9/h10,12H,1,11H2,2-9H3. The topological polar surface area (TPSA) is 0 Å². The van der Waals surface area contributed by atoms with Crippen LogP contribution in [-0.2, 0) is 0 Å². The fourth-order valence-electron chi connectivity index (χ4n) is 4.13. The van der Waals surface area contributed by atoms with Gasteiger partial charge in [-0.1, -0.05) is 0 Å². The summed E-state index contributed by atoms with van der Waals surface area (Å²) in [5, 5.41) is 1.35. The molecule has 0 spiro atoms. The van der Waals surface area contributed by atoms with Crippen LogP contribution in [0.1, 0.15) is 0 Å². The van der Waals surface area contributed by atoms with Crippen molar-refractivity contribution < 1.29 is 0 Å². The van der Waals surface area contributed by atoms with Gasteiger partial charge in [0.2, 0.25) is 0 Å². The van der Waals surface area contributed by atoms with Crippen molar-refractivity contribution >= 4 is 29.4 Å². The van der Waals surface area contributed by atoms with E-state index in [1.165, 1.54) is 5.25 Å². The van der Waals surface area contributed by atoms with Gasteiger partial charge < -0.3 is 0 Å². The molecule has 0 radical (unpaired) electrons. The summed E-state index contributed by atoms with van der Waals surface area (Å²) in [4.78, 5) is 0. The number of allylic oxidation sites excluding steroid dienone is 1. The average molecular weight is 303 g/mol. The van der Waals surface area contributed by atoms with E-state index in [-0.39, 0.29) is 0 Å². The summed E-state index contributed by atoms with van der Waals surface area (Å²) < 4.78 is 1.14. The molecule has 0 fully saturated rings. The summed E-state index contributed by atoms with van der Waals surface area (Å²) in [6.07, 6.45) is 2.19. The van der Waals surface area contributed by atoms with Gasteiger partial charge in [-0.2, -0.15) is 0 Å². The van der Waals surface area contributed by atoms with Crippen LogP contribution in [0.25, 0.3) is 0 Å². The van der Waals surface area contributed by atoms with E-state index in [0.717, 1.165) is 4.00 Å². The molecule has 0 rings (SSSR count). The summed E-state index contributed by atoms with van der Waals surface area (Å²) in [6, 6.07) is 0. The molecular formula is C12H30GeSi2. The number of hydrogen-bond acceptors (Lipinski definition) is 0. The molecule has 0 aliphatic rings. The molecule has 0 atom stereocenters. The van der Waals surface area contributed by atoms with E-state index < -0.39 is 29.4 Å². The first kappa shape index (κ1) is 15.7. The summed E-state index contributed by atoms with van der Waals surface area (Å²) in [7, 11) is -1.99. The average Bonchev–Trinajstić information content (AvgIpc) is 1.75. The van der Waals surface area contributed by atoms with Gasteiger partial charge in [-0.3, -0.25) is 0 Å². The van der Waals surface area contributed by atoms with Gasteiger partial charge in [0.1, 0.15) is 0 Å². The second-order valence-electron chi connectivity index (χ2n) is 7.65. The maximum atomic E-state index is 3.97. The van der Waals surface area contributed by atoms with Crippen LogP contribution in [0, 0.1) is 0 Å². The van der Waals surface area contributed by atoms with Crippen LogP contribution in [0.4, 0.5) is 0 Å². The third-order valence-electron chi connectivity index (χ3n) is 3.18. The van der Waals surface area contributed by atoms with E-state index in [9.17, 15) is 0 Å². The molecule has 15 heavy (non-hydrogen) atoms. The Morgan fingerprint density at radius 1 is 1.00 bits per heavy atom. The first-order valence-corrected chi connectivity index (χ1v) is 20.1. The van der Waals surface area contributed by atoms with Crippen LogP contribution in [-0.4, -0.2) is 29.4 Å². The molecule has 0 aromatic carbocycles. The molecular weight excluding hydrogens is 273 g/mol. The zero-order chi connectivity index (χ0) is 12.5. The van der Waals surface area contributed by atoms with Crippen LogP contribution >= 0.6 is 0 Å². The fraction of sp³-hybridized carbons (Fsp3) is 0.833. The minimum atomic E-state index is -1.64. The Hall–Kier alpha value is 0.717. The third-order valence-corrected chi connectivity index (χ3v) is 37.0. The first-order valence-electron chi connectivity index (χ1n) is 6.04. The SMILES string of the molecule is C=C[CH2][Ge]([CH3])([CH3])[CH]([Si](C)(C)C)[Si](C)(C)C. The van der Waals surface area contributed by atoms with Crippen molar-refractivity contribution in [2.24, 2.45) is 0 Å². The van der Waals surface area contributed by atoms with E-state index >= 15 is 0 Å². The summed E-state index contributed by atoms with van der Waals surface area (Å²) in [5.74, 6) is 5.26. The van der Waals surface area contributed by atoms with Crippen LogP contribution in [0.3, 0.4) is 0 Å². The Morgan fingerprint density at radius 3 is 1.53 bits per heavy atom. The minimum absolute atomic E-state index is 0.997. The van der Waals surface area contributed by atoms with Crippen molar-refractivity contribution in [1.82, 2.24) is 0 Å². The van der Waals surface area contributed by atoms with Crippen LogP contribution in [0.2, 0.25) is 60.0 Å². The summed E-state index contributed by atoms with van der Waals surface area (Å²) >= 11 is -1.64. The maximum absolute atomic E-state index is 3.97. The summed E-state index contributed by atoms with van der Waals surface area (Å²) in [5.41, 5.74) is 0. The Bertz CT molecular complexity index is 207. The van der Waals surface area contributed by atoms with Crippen molar-refractivity contribution in [2.45, 2.75) is 60.0 Å².